The Kier molecular flexibility index (Phi) is 8.63. The minimum absolute atomic E-state index is 0.261. The molecule has 1 aliphatic heterocycles. The van der Waals surface area contributed by atoms with Gasteiger partial charge < -0.3 is 10.2 Å². The summed E-state index contributed by atoms with van der Waals surface area (Å²) in [6.45, 7) is 14.2. The van der Waals surface area contributed by atoms with Crippen LogP contribution < -0.4 is 5.32 Å². The van der Waals surface area contributed by atoms with Crippen LogP contribution in [0.3, 0.4) is 0 Å². The van der Waals surface area contributed by atoms with E-state index in [1.54, 1.807) is 24.6 Å². The summed E-state index contributed by atoms with van der Waals surface area (Å²) in [6, 6.07) is 1.92. The number of carbonyl (C=O) groups is 1. The van der Waals surface area contributed by atoms with Gasteiger partial charge in [0.25, 0.3) is 5.91 Å². The van der Waals surface area contributed by atoms with Crippen LogP contribution in [-0.4, -0.2) is 76.9 Å². The van der Waals surface area contributed by atoms with Crippen LogP contribution in [-0.2, 0) is 4.79 Å². The highest BCUT2D eigenvalue weighted by molar-refractivity contribution is 6.12. The SMILES string of the molecule is C=C/C=C(\C=C/CN1CCN(C)CC1)C(=O)Nc1n[nH]c2ncc(C(/C=N\C=C)=C/C)cc12. The van der Waals surface area contributed by atoms with Crippen molar-refractivity contribution in [2.45, 2.75) is 6.92 Å². The van der Waals surface area contributed by atoms with Crippen LogP contribution in [0, 0.1) is 0 Å². The minimum Gasteiger partial charge on any atom is -0.305 e. The maximum atomic E-state index is 13.0. The molecule has 1 aliphatic rings. The summed E-state index contributed by atoms with van der Waals surface area (Å²) >= 11 is 0. The smallest absolute Gasteiger partial charge is 0.256 e. The van der Waals surface area contributed by atoms with Gasteiger partial charge in [0, 0.05) is 62.5 Å². The summed E-state index contributed by atoms with van der Waals surface area (Å²) in [5.74, 6) is 0.158. The van der Waals surface area contributed by atoms with E-state index in [1.807, 2.05) is 31.2 Å². The number of anilines is 1. The van der Waals surface area contributed by atoms with E-state index in [-0.39, 0.29) is 5.91 Å². The number of rotatable bonds is 9. The molecule has 0 aliphatic carbocycles. The van der Waals surface area contributed by atoms with Crippen molar-refractivity contribution in [3.8, 4) is 0 Å². The zero-order valence-electron chi connectivity index (χ0n) is 19.3. The molecule has 0 bridgehead atoms. The van der Waals surface area contributed by atoms with Crippen molar-refractivity contribution in [2.75, 3.05) is 45.1 Å². The van der Waals surface area contributed by atoms with Crippen LogP contribution in [0.15, 0.2) is 72.6 Å². The topological polar surface area (TPSA) is 89.5 Å². The Labute approximate surface area is 194 Å². The zero-order chi connectivity index (χ0) is 23.6. The molecule has 1 fully saturated rings. The first-order chi connectivity index (χ1) is 16.0. The summed E-state index contributed by atoms with van der Waals surface area (Å²) < 4.78 is 0. The summed E-state index contributed by atoms with van der Waals surface area (Å²) in [5, 5.41) is 10.7. The standard InChI is InChI=1S/C25H31N7O/c1-5-9-20(10-8-11-32-14-12-31(4)13-15-32)25(33)28-24-22-16-21(18-27-23(22)29-30-24)19(6-2)17-26-7-3/h5-10,16-18H,1,3,11-15H2,2,4H3,(H2,27,28,29,30,33)/b10-8-,19-6+,20-9+,26-17-. The van der Waals surface area contributed by atoms with E-state index < -0.39 is 0 Å². The molecule has 2 aromatic rings. The lowest BCUT2D eigenvalue weighted by Gasteiger charge is -2.31. The number of nitrogens with zero attached hydrogens (tertiary/aromatic N) is 5. The molecule has 0 unspecified atom stereocenters. The van der Waals surface area contributed by atoms with E-state index in [4.69, 9.17) is 0 Å². The first-order valence-electron chi connectivity index (χ1n) is 10.9. The van der Waals surface area contributed by atoms with Crippen molar-refractivity contribution in [2.24, 2.45) is 4.99 Å². The van der Waals surface area contributed by atoms with E-state index in [0.717, 1.165) is 43.9 Å². The molecule has 1 amide bonds. The van der Waals surface area contributed by atoms with Crippen molar-refractivity contribution in [1.29, 1.82) is 0 Å². The molecule has 0 atom stereocenters. The highest BCUT2D eigenvalue weighted by Crippen LogP contribution is 2.23. The quantitative estimate of drug-likeness (QED) is 0.351. The molecule has 0 spiro atoms. The average molecular weight is 446 g/mol. The molecular weight excluding hydrogens is 414 g/mol. The normalized spacial score (nSPS) is 16.7. The van der Waals surface area contributed by atoms with Gasteiger partial charge in [-0.25, -0.2) is 4.98 Å². The number of amides is 1. The number of carbonyl (C=O) groups excluding carboxylic acids is 1. The Morgan fingerprint density at radius 2 is 2.09 bits per heavy atom. The van der Waals surface area contributed by atoms with Crippen LogP contribution >= 0.6 is 0 Å². The Balaban J connectivity index is 1.74. The summed E-state index contributed by atoms with van der Waals surface area (Å²) in [7, 11) is 2.13. The minimum atomic E-state index is -0.261. The number of aliphatic imine (C=N–C) groups is 1. The van der Waals surface area contributed by atoms with Gasteiger partial charge >= 0.3 is 0 Å². The maximum absolute atomic E-state index is 13.0. The molecule has 0 saturated carbocycles. The lowest BCUT2D eigenvalue weighted by Crippen LogP contribution is -2.44. The van der Waals surface area contributed by atoms with E-state index in [0.29, 0.717) is 22.4 Å². The number of fused-ring (bicyclic) bond motifs is 1. The molecule has 8 nitrogen and oxygen atoms in total. The fourth-order valence-electron chi connectivity index (χ4n) is 3.48. The van der Waals surface area contributed by atoms with Gasteiger partial charge in [0.1, 0.15) is 0 Å². The van der Waals surface area contributed by atoms with Crippen LogP contribution in [0.4, 0.5) is 5.82 Å². The molecule has 8 heteroatoms. The predicted octanol–water partition coefficient (Wildman–Crippen LogP) is 3.43. The summed E-state index contributed by atoms with van der Waals surface area (Å²) in [4.78, 5) is 26.2. The maximum Gasteiger partial charge on any atom is 0.256 e. The number of pyridine rings is 1. The number of piperazine rings is 1. The molecule has 1 saturated heterocycles. The largest absolute Gasteiger partial charge is 0.305 e. The molecule has 0 radical (unpaired) electrons. The number of hydrogen-bond donors (Lipinski definition) is 2. The van der Waals surface area contributed by atoms with E-state index in [1.165, 1.54) is 6.20 Å². The number of likely N-dealkylation sites (N-methyl/N-ethyl adjacent to an activating group) is 1. The fraction of sp³-hybridized carbons (Fsp3) is 0.280. The lowest BCUT2D eigenvalue weighted by molar-refractivity contribution is -0.112. The molecule has 0 aromatic carbocycles. The van der Waals surface area contributed by atoms with Gasteiger partial charge in [-0.2, -0.15) is 5.10 Å². The molecule has 33 heavy (non-hydrogen) atoms. The van der Waals surface area contributed by atoms with Crippen LogP contribution in [0.2, 0.25) is 0 Å². The number of hydrogen-bond acceptors (Lipinski definition) is 6. The number of allylic oxidation sites excluding steroid dienone is 4. The molecule has 3 heterocycles. The second-order valence-corrected chi connectivity index (χ2v) is 7.72. The van der Waals surface area contributed by atoms with Gasteiger partial charge in [0.15, 0.2) is 11.5 Å². The van der Waals surface area contributed by atoms with Gasteiger partial charge in [-0.3, -0.25) is 19.8 Å². The monoisotopic (exact) mass is 445 g/mol. The van der Waals surface area contributed by atoms with E-state index in [2.05, 4.69) is 55.5 Å². The third-order valence-corrected chi connectivity index (χ3v) is 5.43. The molecule has 2 N–H and O–H groups in total. The first-order valence-corrected chi connectivity index (χ1v) is 10.9. The van der Waals surface area contributed by atoms with Crippen molar-refractivity contribution in [1.82, 2.24) is 25.0 Å². The molecular formula is C25H31N7O. The number of nitrogens with one attached hydrogen (secondary N) is 2. The number of H-pyrrole nitrogens is 1. The van der Waals surface area contributed by atoms with Crippen molar-refractivity contribution < 1.29 is 4.79 Å². The van der Waals surface area contributed by atoms with E-state index in [9.17, 15) is 4.79 Å². The summed E-state index contributed by atoms with van der Waals surface area (Å²) in [6.07, 6.45) is 14.0. The van der Waals surface area contributed by atoms with Crippen molar-refractivity contribution in [3.05, 3.63) is 73.1 Å². The Bertz CT molecular complexity index is 1110. The second kappa shape index (κ2) is 11.8. The average Bonchev–Trinajstić information content (AvgIpc) is 3.22. The zero-order valence-corrected chi connectivity index (χ0v) is 19.3. The highest BCUT2D eigenvalue weighted by Gasteiger charge is 2.15. The molecule has 2 aromatic heterocycles. The van der Waals surface area contributed by atoms with Crippen molar-refractivity contribution in [3.63, 3.8) is 0 Å². The van der Waals surface area contributed by atoms with Gasteiger partial charge in [0.2, 0.25) is 0 Å². The third kappa shape index (κ3) is 6.44. The van der Waals surface area contributed by atoms with Crippen LogP contribution in [0.25, 0.3) is 16.6 Å². The van der Waals surface area contributed by atoms with Crippen LogP contribution in [0.5, 0.6) is 0 Å². The van der Waals surface area contributed by atoms with Gasteiger partial charge in [0.05, 0.1) is 5.39 Å². The van der Waals surface area contributed by atoms with Gasteiger partial charge in [-0.05, 0) is 25.6 Å². The Hall–Kier alpha value is -3.62. The summed E-state index contributed by atoms with van der Waals surface area (Å²) in [5.41, 5.74) is 2.85. The Morgan fingerprint density at radius 1 is 1.30 bits per heavy atom. The Morgan fingerprint density at radius 3 is 2.79 bits per heavy atom. The fourth-order valence-corrected chi connectivity index (χ4v) is 3.48. The highest BCUT2D eigenvalue weighted by atomic mass is 16.1. The van der Waals surface area contributed by atoms with Gasteiger partial charge in [-0.15, -0.1) is 0 Å². The second-order valence-electron chi connectivity index (χ2n) is 7.72. The number of aromatic nitrogens is 3. The molecule has 3 rings (SSSR count). The van der Waals surface area contributed by atoms with Gasteiger partial charge in [-0.1, -0.05) is 43.5 Å². The lowest BCUT2D eigenvalue weighted by atomic mass is 10.1. The van der Waals surface area contributed by atoms with E-state index >= 15 is 0 Å². The first kappa shape index (κ1) is 24.0. The van der Waals surface area contributed by atoms with Crippen molar-refractivity contribution >= 4 is 34.5 Å². The predicted molar refractivity (Wildman–Crippen MR) is 136 cm³/mol. The van der Waals surface area contributed by atoms with Crippen LogP contribution in [0.1, 0.15) is 12.5 Å². The molecule has 172 valence electrons. The third-order valence-electron chi connectivity index (χ3n) is 5.43. The number of aromatic amines is 1.